The zero-order chi connectivity index (χ0) is 16.8. The normalized spacial score (nSPS) is 10.2. The summed E-state index contributed by atoms with van der Waals surface area (Å²) in [4.78, 5) is 23.9. The number of anilines is 1. The summed E-state index contributed by atoms with van der Waals surface area (Å²) in [5.41, 5.74) is 1.46. The molecule has 0 radical (unpaired) electrons. The molecule has 0 fully saturated rings. The lowest BCUT2D eigenvalue weighted by Crippen LogP contribution is -2.15. The summed E-state index contributed by atoms with van der Waals surface area (Å²) < 4.78 is 23.0. The third-order valence-electron chi connectivity index (χ3n) is 2.92. The number of carbonyl (C=O) groups excluding carboxylic acids is 2. The van der Waals surface area contributed by atoms with E-state index in [0.29, 0.717) is 16.1 Å². The summed E-state index contributed by atoms with van der Waals surface area (Å²) >= 11 is 1.18. The van der Waals surface area contributed by atoms with Crippen LogP contribution in [0.25, 0.3) is 11.1 Å². The smallest absolute Gasteiger partial charge is 0.412 e. The fourth-order valence-electron chi connectivity index (χ4n) is 1.96. The minimum absolute atomic E-state index is 0.205. The van der Waals surface area contributed by atoms with E-state index in [1.165, 1.54) is 23.5 Å². The molecule has 1 amide bonds. The number of thiophene rings is 1. The molecule has 122 valence electrons. The third-order valence-corrected chi connectivity index (χ3v) is 3.81. The van der Waals surface area contributed by atoms with Crippen LogP contribution in [0.5, 0.6) is 0 Å². The maximum absolute atomic E-state index is 13.1. The summed E-state index contributed by atoms with van der Waals surface area (Å²) in [6.07, 6.45) is -0.648. The Balaban J connectivity index is 2.42. The number of ether oxygens (including phenoxy) is 2. The zero-order valence-electron chi connectivity index (χ0n) is 12.7. The highest BCUT2D eigenvalue weighted by molar-refractivity contribution is 7.15. The molecule has 2 aromatic rings. The van der Waals surface area contributed by atoms with Crippen LogP contribution in [0.15, 0.2) is 29.6 Å². The second-order valence-corrected chi connectivity index (χ2v) is 5.31. The topological polar surface area (TPSA) is 64.6 Å². The van der Waals surface area contributed by atoms with Gasteiger partial charge in [-0.1, -0.05) is 12.1 Å². The van der Waals surface area contributed by atoms with Crippen LogP contribution in [0, 0.1) is 5.82 Å². The number of halogens is 1. The monoisotopic (exact) mass is 337 g/mol. The fraction of sp³-hybridized carbons (Fsp3) is 0.250. The molecule has 0 saturated carbocycles. The van der Waals surface area contributed by atoms with Crippen LogP contribution in [-0.4, -0.2) is 25.3 Å². The Morgan fingerprint density at radius 2 is 1.78 bits per heavy atom. The van der Waals surface area contributed by atoms with Crippen molar-refractivity contribution in [1.29, 1.82) is 0 Å². The molecule has 0 spiro atoms. The van der Waals surface area contributed by atoms with Gasteiger partial charge in [0.2, 0.25) is 0 Å². The lowest BCUT2D eigenvalue weighted by Gasteiger charge is -2.08. The van der Waals surface area contributed by atoms with Crippen molar-refractivity contribution in [3.05, 3.63) is 41.0 Å². The summed E-state index contributed by atoms with van der Waals surface area (Å²) in [6, 6.07) is 5.74. The van der Waals surface area contributed by atoms with E-state index in [4.69, 9.17) is 9.47 Å². The average Bonchev–Trinajstić information content (AvgIpc) is 2.92. The molecular weight excluding hydrogens is 321 g/mol. The van der Waals surface area contributed by atoms with Crippen molar-refractivity contribution in [2.45, 2.75) is 13.8 Å². The van der Waals surface area contributed by atoms with Crippen molar-refractivity contribution in [3.8, 4) is 11.1 Å². The van der Waals surface area contributed by atoms with Crippen LogP contribution in [0.4, 0.5) is 14.2 Å². The summed E-state index contributed by atoms with van der Waals surface area (Å²) in [6.45, 7) is 3.80. The molecule has 2 rings (SSSR count). The van der Waals surface area contributed by atoms with E-state index < -0.39 is 12.1 Å². The van der Waals surface area contributed by atoms with Gasteiger partial charge < -0.3 is 9.47 Å². The maximum Gasteiger partial charge on any atom is 0.412 e. The van der Waals surface area contributed by atoms with E-state index >= 15 is 0 Å². The van der Waals surface area contributed by atoms with Gasteiger partial charge in [-0.3, -0.25) is 5.32 Å². The zero-order valence-corrected chi connectivity index (χ0v) is 13.5. The van der Waals surface area contributed by atoms with Crippen LogP contribution in [0.1, 0.15) is 24.2 Å². The predicted molar refractivity (Wildman–Crippen MR) is 86.3 cm³/mol. The molecule has 0 aliphatic heterocycles. The Hall–Kier alpha value is -2.41. The van der Waals surface area contributed by atoms with Crippen LogP contribution in [0.3, 0.4) is 0 Å². The van der Waals surface area contributed by atoms with Gasteiger partial charge in [0.05, 0.1) is 13.2 Å². The van der Waals surface area contributed by atoms with Crippen molar-refractivity contribution in [1.82, 2.24) is 0 Å². The van der Waals surface area contributed by atoms with Crippen molar-refractivity contribution >= 4 is 28.4 Å². The molecule has 0 bridgehead atoms. The standard InChI is InChI=1S/C16H16FNO4S/c1-3-21-15(19)13-12(10-5-7-11(17)8-6-10)9-23-14(13)18-16(20)22-4-2/h5-9H,3-4H2,1-2H3,(H,18,20). The quantitative estimate of drug-likeness (QED) is 0.826. The third kappa shape index (κ3) is 4.07. The molecule has 1 aromatic heterocycles. The SMILES string of the molecule is CCOC(=O)Nc1scc(-c2ccc(F)cc2)c1C(=O)OCC. The van der Waals surface area contributed by atoms with Gasteiger partial charge in [-0.25, -0.2) is 14.0 Å². The largest absolute Gasteiger partial charge is 0.462 e. The number of amides is 1. The lowest BCUT2D eigenvalue weighted by molar-refractivity contribution is 0.0529. The molecule has 0 aliphatic rings. The van der Waals surface area contributed by atoms with Crippen LogP contribution in [0.2, 0.25) is 0 Å². The molecule has 1 N–H and O–H groups in total. The molecule has 0 atom stereocenters. The van der Waals surface area contributed by atoms with Crippen molar-refractivity contribution in [2.24, 2.45) is 0 Å². The highest BCUT2D eigenvalue weighted by Crippen LogP contribution is 2.36. The van der Waals surface area contributed by atoms with Crippen LogP contribution < -0.4 is 5.32 Å². The Bertz CT molecular complexity index is 697. The Labute approximate surface area is 137 Å². The van der Waals surface area contributed by atoms with E-state index in [1.807, 2.05) is 0 Å². The first kappa shape index (κ1) is 17.0. The molecule has 0 saturated heterocycles. The molecule has 0 unspecified atom stereocenters. The second kappa shape index (κ2) is 7.73. The number of hydrogen-bond donors (Lipinski definition) is 1. The van der Waals surface area contributed by atoms with E-state index in [9.17, 15) is 14.0 Å². The Kier molecular flexibility index (Phi) is 5.70. The second-order valence-electron chi connectivity index (χ2n) is 4.43. The number of carbonyl (C=O) groups is 2. The van der Waals surface area contributed by atoms with Gasteiger partial charge in [-0.2, -0.15) is 0 Å². The van der Waals surface area contributed by atoms with Crippen LogP contribution >= 0.6 is 11.3 Å². The Morgan fingerprint density at radius 3 is 2.39 bits per heavy atom. The first-order chi connectivity index (χ1) is 11.1. The summed E-state index contributed by atoms with van der Waals surface area (Å²) in [5, 5.41) is 4.58. The van der Waals surface area contributed by atoms with Crippen molar-refractivity contribution < 1.29 is 23.5 Å². The minimum atomic E-state index is -0.648. The molecule has 1 aromatic carbocycles. The number of nitrogens with one attached hydrogen (secondary N) is 1. The van der Waals surface area contributed by atoms with Gasteiger partial charge in [-0.15, -0.1) is 11.3 Å². The number of hydrogen-bond acceptors (Lipinski definition) is 5. The highest BCUT2D eigenvalue weighted by atomic mass is 32.1. The van der Waals surface area contributed by atoms with Gasteiger partial charge >= 0.3 is 12.1 Å². The fourth-order valence-corrected chi connectivity index (χ4v) is 2.90. The number of esters is 1. The average molecular weight is 337 g/mol. The Morgan fingerprint density at radius 1 is 1.13 bits per heavy atom. The van der Waals surface area contributed by atoms with Crippen molar-refractivity contribution in [2.75, 3.05) is 18.5 Å². The van der Waals surface area contributed by atoms with E-state index in [2.05, 4.69) is 5.32 Å². The number of rotatable bonds is 5. The molecule has 5 nitrogen and oxygen atoms in total. The van der Waals surface area contributed by atoms with Gasteiger partial charge in [0.15, 0.2) is 0 Å². The van der Waals surface area contributed by atoms with E-state index in [-0.39, 0.29) is 24.6 Å². The maximum atomic E-state index is 13.1. The molecular formula is C16H16FNO4S. The minimum Gasteiger partial charge on any atom is -0.462 e. The molecule has 0 aliphatic carbocycles. The van der Waals surface area contributed by atoms with E-state index in [1.54, 1.807) is 31.4 Å². The van der Waals surface area contributed by atoms with Gasteiger partial charge in [0.1, 0.15) is 16.4 Å². The molecule has 23 heavy (non-hydrogen) atoms. The highest BCUT2D eigenvalue weighted by Gasteiger charge is 2.23. The summed E-state index contributed by atoms with van der Waals surface area (Å²) in [5.74, 6) is -0.925. The van der Waals surface area contributed by atoms with Gasteiger partial charge in [-0.05, 0) is 31.5 Å². The number of benzene rings is 1. The van der Waals surface area contributed by atoms with Crippen LogP contribution in [-0.2, 0) is 9.47 Å². The van der Waals surface area contributed by atoms with Gasteiger partial charge in [0.25, 0.3) is 0 Å². The van der Waals surface area contributed by atoms with E-state index in [0.717, 1.165) is 0 Å². The lowest BCUT2D eigenvalue weighted by atomic mass is 10.0. The first-order valence-electron chi connectivity index (χ1n) is 7.05. The van der Waals surface area contributed by atoms with Crippen molar-refractivity contribution in [3.63, 3.8) is 0 Å². The summed E-state index contributed by atoms with van der Waals surface area (Å²) in [7, 11) is 0. The first-order valence-corrected chi connectivity index (χ1v) is 7.93. The predicted octanol–water partition coefficient (Wildman–Crippen LogP) is 4.30. The molecule has 7 heteroatoms. The molecule has 1 heterocycles. The van der Waals surface area contributed by atoms with Gasteiger partial charge in [0, 0.05) is 10.9 Å².